The van der Waals surface area contributed by atoms with E-state index >= 15 is 0 Å². The number of hydrogen-bond donors (Lipinski definition) is 4. The van der Waals surface area contributed by atoms with Crippen molar-refractivity contribution in [3.8, 4) is 17.2 Å². The molecule has 4 N–H and O–H groups in total. The molecule has 4 aromatic rings. The van der Waals surface area contributed by atoms with Crippen molar-refractivity contribution < 1.29 is 33.0 Å². The lowest BCUT2D eigenvalue weighted by atomic mass is 9.96. The summed E-state index contributed by atoms with van der Waals surface area (Å²) in [6.07, 6.45) is 1.55. The minimum absolute atomic E-state index is 0.0583. The largest absolute Gasteiger partial charge is 0.508 e. The van der Waals surface area contributed by atoms with Crippen LogP contribution in [0.5, 0.6) is 17.2 Å². The van der Waals surface area contributed by atoms with Crippen LogP contribution in [0.25, 0.3) is 0 Å². The van der Waals surface area contributed by atoms with Gasteiger partial charge in [0.1, 0.15) is 17.5 Å². The van der Waals surface area contributed by atoms with E-state index in [1.807, 2.05) is 18.2 Å². The van der Waals surface area contributed by atoms with Crippen LogP contribution >= 0.6 is 0 Å². The predicted octanol–water partition coefficient (Wildman–Crippen LogP) is 4.56. The average molecular weight is 630 g/mol. The molecule has 45 heavy (non-hydrogen) atoms. The number of benzene rings is 4. The van der Waals surface area contributed by atoms with Crippen molar-refractivity contribution in [3.05, 3.63) is 114 Å². The van der Waals surface area contributed by atoms with Gasteiger partial charge < -0.3 is 25.2 Å². The van der Waals surface area contributed by atoms with E-state index < -0.39 is 22.0 Å². The average Bonchev–Trinajstić information content (AvgIpc) is 3.06. The highest BCUT2D eigenvalue weighted by Gasteiger charge is 2.30. The van der Waals surface area contributed by atoms with Crippen LogP contribution in [0.1, 0.15) is 28.8 Å². The molecule has 0 aromatic heterocycles. The highest BCUT2D eigenvalue weighted by Crippen LogP contribution is 2.31. The first-order chi connectivity index (χ1) is 21.7. The molecule has 0 unspecified atom stereocenters. The monoisotopic (exact) mass is 629 g/mol. The van der Waals surface area contributed by atoms with Gasteiger partial charge in [-0.3, -0.25) is 14.3 Å². The third-order valence-corrected chi connectivity index (χ3v) is 9.07. The summed E-state index contributed by atoms with van der Waals surface area (Å²) in [5.74, 6) is 0.342. The van der Waals surface area contributed by atoms with E-state index in [9.17, 15) is 28.2 Å². The van der Waals surface area contributed by atoms with E-state index in [4.69, 9.17) is 4.74 Å². The molecule has 1 atom stereocenters. The second-order valence-electron chi connectivity index (χ2n) is 10.9. The fourth-order valence-corrected chi connectivity index (χ4v) is 6.18. The Hall–Kier alpha value is -4.87. The zero-order chi connectivity index (χ0) is 31.8. The van der Waals surface area contributed by atoms with Gasteiger partial charge in [0.25, 0.3) is 15.9 Å². The molecule has 1 saturated heterocycles. The number of amides is 2. The number of anilines is 1. The predicted molar refractivity (Wildman–Crippen MR) is 170 cm³/mol. The van der Waals surface area contributed by atoms with Gasteiger partial charge in [-0.05, 0) is 85.0 Å². The van der Waals surface area contributed by atoms with Gasteiger partial charge in [0.2, 0.25) is 5.91 Å². The second-order valence-corrected chi connectivity index (χ2v) is 12.6. The summed E-state index contributed by atoms with van der Waals surface area (Å²) < 4.78 is 34.9. The van der Waals surface area contributed by atoms with Gasteiger partial charge in [-0.15, -0.1) is 0 Å². The van der Waals surface area contributed by atoms with Crippen LogP contribution in [0, 0.1) is 5.92 Å². The lowest BCUT2D eigenvalue weighted by Gasteiger charge is -2.34. The molecule has 0 aliphatic carbocycles. The Morgan fingerprint density at radius 1 is 0.867 bits per heavy atom. The van der Waals surface area contributed by atoms with Crippen molar-refractivity contribution in [2.24, 2.45) is 5.92 Å². The van der Waals surface area contributed by atoms with E-state index in [2.05, 4.69) is 10.0 Å². The van der Waals surface area contributed by atoms with Crippen LogP contribution in [0.15, 0.2) is 108 Å². The quantitative estimate of drug-likeness (QED) is 0.190. The number of nitrogens with one attached hydrogen (secondary N) is 2. The Labute approximate surface area is 262 Å². The van der Waals surface area contributed by atoms with E-state index in [0.717, 1.165) is 5.56 Å². The number of rotatable bonds is 11. The number of aliphatic hydroxyl groups is 1. The number of phenols is 1. The highest BCUT2D eigenvalue weighted by atomic mass is 32.2. The van der Waals surface area contributed by atoms with Crippen molar-refractivity contribution in [3.63, 3.8) is 0 Å². The second kappa shape index (κ2) is 14.3. The molecule has 4 aromatic carbocycles. The minimum Gasteiger partial charge on any atom is -0.508 e. The number of sulfonamides is 1. The third kappa shape index (κ3) is 8.20. The van der Waals surface area contributed by atoms with Gasteiger partial charge in [0.15, 0.2) is 5.75 Å². The van der Waals surface area contributed by atoms with Gasteiger partial charge in [-0.25, -0.2) is 8.42 Å². The molecule has 5 rings (SSSR count). The lowest BCUT2D eigenvalue weighted by molar-refractivity contribution is -0.134. The SMILES string of the molecule is O=C(N[C@H](Cc1ccc(O)cc1)C(=O)N1CCC(CO)CC1)c1ccc(S(=O)(=O)Nc2ccccc2Oc2ccccc2)cc1. The molecule has 1 fully saturated rings. The number of likely N-dealkylation sites (tertiary alicyclic amines) is 1. The number of carbonyl (C=O) groups is 2. The number of ether oxygens (including phenoxy) is 1. The van der Waals surface area contributed by atoms with Crippen molar-refractivity contribution in [2.75, 3.05) is 24.4 Å². The number of nitrogens with zero attached hydrogens (tertiary/aromatic N) is 1. The molecule has 0 radical (unpaired) electrons. The third-order valence-electron chi connectivity index (χ3n) is 7.69. The molecule has 11 heteroatoms. The van der Waals surface area contributed by atoms with Crippen LogP contribution in [0.2, 0.25) is 0 Å². The molecule has 10 nitrogen and oxygen atoms in total. The molecule has 2 amide bonds. The van der Waals surface area contributed by atoms with Gasteiger partial charge in [-0.1, -0.05) is 42.5 Å². The molecule has 0 saturated carbocycles. The summed E-state index contributed by atoms with van der Waals surface area (Å²) in [7, 11) is -4.03. The summed E-state index contributed by atoms with van der Waals surface area (Å²) in [5.41, 5.74) is 1.19. The maximum Gasteiger partial charge on any atom is 0.262 e. The van der Waals surface area contributed by atoms with Crippen LogP contribution < -0.4 is 14.8 Å². The molecule has 1 heterocycles. The fraction of sp³-hybridized carbons (Fsp3) is 0.235. The maximum atomic E-state index is 13.5. The summed E-state index contributed by atoms with van der Waals surface area (Å²) in [6.45, 7) is 1.03. The van der Waals surface area contributed by atoms with Crippen molar-refractivity contribution in [2.45, 2.75) is 30.2 Å². The van der Waals surface area contributed by atoms with Crippen LogP contribution in [-0.2, 0) is 21.2 Å². The molecule has 1 aliphatic heterocycles. The van der Waals surface area contributed by atoms with E-state index in [1.54, 1.807) is 53.4 Å². The van der Waals surface area contributed by atoms with Gasteiger partial charge >= 0.3 is 0 Å². The first-order valence-corrected chi connectivity index (χ1v) is 16.1. The summed E-state index contributed by atoms with van der Waals surface area (Å²) in [6, 6.07) is 26.6. The molecular formula is C34H35N3O7S. The molecule has 0 bridgehead atoms. The van der Waals surface area contributed by atoms with Gasteiger partial charge in [0, 0.05) is 31.7 Å². The Morgan fingerprint density at radius 3 is 2.18 bits per heavy atom. The first-order valence-electron chi connectivity index (χ1n) is 14.6. The van der Waals surface area contributed by atoms with Crippen LogP contribution in [0.3, 0.4) is 0 Å². The molecular weight excluding hydrogens is 594 g/mol. The number of piperidine rings is 1. The summed E-state index contributed by atoms with van der Waals surface area (Å²) in [4.78, 5) is 28.5. The smallest absolute Gasteiger partial charge is 0.262 e. The summed E-state index contributed by atoms with van der Waals surface area (Å²) in [5, 5.41) is 22.0. The Kier molecular flexibility index (Phi) is 10.0. The standard InChI is InChI=1S/C34H35N3O7S/c38-23-25-18-20-37(21-19-25)34(41)31(22-24-10-14-27(39)15-11-24)35-33(40)26-12-16-29(17-13-26)45(42,43)36-30-8-4-5-9-32(30)44-28-6-2-1-3-7-28/h1-17,25,31,36,38-39H,18-23H2,(H,35,40)/t31-/m1/s1. The zero-order valence-electron chi connectivity index (χ0n) is 24.5. The van der Waals surface area contributed by atoms with Gasteiger partial charge in [0.05, 0.1) is 10.6 Å². The van der Waals surface area contributed by atoms with Gasteiger partial charge in [-0.2, -0.15) is 0 Å². The van der Waals surface area contributed by atoms with Crippen molar-refractivity contribution >= 4 is 27.5 Å². The van der Waals surface area contributed by atoms with E-state index in [0.29, 0.717) is 37.4 Å². The molecule has 234 valence electrons. The summed E-state index contributed by atoms with van der Waals surface area (Å²) >= 11 is 0. The van der Waals surface area contributed by atoms with Crippen LogP contribution in [0.4, 0.5) is 5.69 Å². The van der Waals surface area contributed by atoms with Crippen LogP contribution in [-0.4, -0.2) is 61.1 Å². The fourth-order valence-electron chi connectivity index (χ4n) is 5.11. The number of hydrogen-bond acceptors (Lipinski definition) is 7. The number of para-hydroxylation sites is 3. The lowest BCUT2D eigenvalue weighted by Crippen LogP contribution is -2.51. The maximum absolute atomic E-state index is 13.5. The Bertz CT molecular complexity index is 1710. The number of phenolic OH excluding ortho intramolecular Hbond substituents is 1. The normalized spacial score (nSPS) is 14.4. The van der Waals surface area contributed by atoms with E-state index in [-0.39, 0.29) is 46.7 Å². The number of aromatic hydroxyl groups is 1. The number of aliphatic hydroxyl groups excluding tert-OH is 1. The first kappa shape index (κ1) is 31.6. The van der Waals surface area contributed by atoms with E-state index in [1.165, 1.54) is 36.4 Å². The molecule has 0 spiro atoms. The Morgan fingerprint density at radius 2 is 1.51 bits per heavy atom. The Balaban J connectivity index is 1.29. The highest BCUT2D eigenvalue weighted by molar-refractivity contribution is 7.92. The molecule has 1 aliphatic rings. The van der Waals surface area contributed by atoms with Crippen molar-refractivity contribution in [1.82, 2.24) is 10.2 Å². The topological polar surface area (TPSA) is 145 Å². The zero-order valence-corrected chi connectivity index (χ0v) is 25.3. The minimum atomic E-state index is -4.03. The van der Waals surface area contributed by atoms with Crippen molar-refractivity contribution in [1.29, 1.82) is 0 Å². The number of carbonyl (C=O) groups excluding carboxylic acids is 2.